The fourth-order valence-corrected chi connectivity index (χ4v) is 4.67. The molecule has 7 heteroatoms. The Morgan fingerprint density at radius 1 is 1.17 bits per heavy atom. The third kappa shape index (κ3) is 2.41. The minimum absolute atomic E-state index is 0.140. The van der Waals surface area contributed by atoms with Gasteiger partial charge in [0.05, 0.1) is 17.4 Å². The van der Waals surface area contributed by atoms with Gasteiger partial charge in [0.1, 0.15) is 24.4 Å². The van der Waals surface area contributed by atoms with E-state index in [0.717, 1.165) is 0 Å². The zero-order valence-electron chi connectivity index (χ0n) is 14.0. The molecule has 4 rings (SSSR count). The van der Waals surface area contributed by atoms with E-state index in [1.807, 2.05) is 13.8 Å². The maximum atomic E-state index is 12.3. The summed E-state index contributed by atoms with van der Waals surface area (Å²) in [5, 5.41) is 0. The topological polar surface area (TPSA) is 91.4 Å². The molecule has 3 heterocycles. The highest BCUT2D eigenvalue weighted by Crippen LogP contribution is 2.51. The van der Waals surface area contributed by atoms with Crippen LogP contribution in [0.5, 0.6) is 0 Å². The number of carbonyl (C=O) groups is 3. The molecule has 7 nitrogen and oxygen atoms in total. The van der Waals surface area contributed by atoms with Crippen molar-refractivity contribution in [1.29, 1.82) is 0 Å². The zero-order valence-corrected chi connectivity index (χ0v) is 14.0. The van der Waals surface area contributed by atoms with E-state index in [1.165, 1.54) is 6.92 Å². The smallest absolute Gasteiger partial charge is 0.309 e. The highest BCUT2D eigenvalue weighted by molar-refractivity contribution is 5.77. The van der Waals surface area contributed by atoms with Crippen LogP contribution in [-0.2, 0) is 33.3 Å². The van der Waals surface area contributed by atoms with Gasteiger partial charge >= 0.3 is 17.9 Å². The van der Waals surface area contributed by atoms with Crippen molar-refractivity contribution >= 4 is 17.9 Å². The Kier molecular flexibility index (Phi) is 3.43. The summed E-state index contributed by atoms with van der Waals surface area (Å²) in [6.07, 6.45) is 0.0322. The van der Waals surface area contributed by atoms with Crippen LogP contribution >= 0.6 is 0 Å². The summed E-state index contributed by atoms with van der Waals surface area (Å²) < 4.78 is 22.4. The van der Waals surface area contributed by atoms with Crippen LogP contribution in [0.25, 0.3) is 0 Å². The van der Waals surface area contributed by atoms with Crippen molar-refractivity contribution in [3.8, 4) is 0 Å². The van der Waals surface area contributed by atoms with Crippen LogP contribution in [0.15, 0.2) is 0 Å². The van der Waals surface area contributed by atoms with Crippen molar-refractivity contribution in [1.82, 2.24) is 0 Å². The van der Waals surface area contributed by atoms with Crippen molar-refractivity contribution in [3.63, 3.8) is 0 Å². The summed E-state index contributed by atoms with van der Waals surface area (Å²) in [5.74, 6) is -1.70. The maximum absolute atomic E-state index is 12.3. The van der Waals surface area contributed by atoms with Crippen molar-refractivity contribution in [2.45, 2.75) is 70.1 Å². The highest BCUT2D eigenvalue weighted by atomic mass is 16.6. The highest BCUT2D eigenvalue weighted by Gasteiger charge is 2.63. The van der Waals surface area contributed by atoms with Crippen LogP contribution in [0, 0.1) is 17.8 Å². The van der Waals surface area contributed by atoms with Crippen LogP contribution in [0.1, 0.15) is 40.0 Å². The number of carbonyl (C=O) groups excluding carboxylic acids is 3. The standard InChI is InChI=1S/C17H22O7/c1-7-13-10-4-9(16(20)22-10)5-11(21-8(2)18)14-17(3,24-14)6-12(13)23-15(7)19/h7,9-14H,4-6H2,1-3H3. The van der Waals surface area contributed by atoms with Gasteiger partial charge in [-0.05, 0) is 13.3 Å². The Morgan fingerprint density at radius 2 is 1.88 bits per heavy atom. The summed E-state index contributed by atoms with van der Waals surface area (Å²) in [5.41, 5.74) is -0.507. The molecule has 132 valence electrons. The molecule has 3 aliphatic heterocycles. The van der Waals surface area contributed by atoms with Crippen molar-refractivity contribution in [2.75, 3.05) is 0 Å². The lowest BCUT2D eigenvalue weighted by atomic mass is 9.78. The number of esters is 3. The number of hydrogen-bond acceptors (Lipinski definition) is 7. The predicted octanol–water partition coefficient (Wildman–Crippen LogP) is 0.979. The number of fused-ring (bicyclic) bond motifs is 5. The Labute approximate surface area is 139 Å². The Balaban J connectivity index is 1.65. The molecule has 8 unspecified atom stereocenters. The second kappa shape index (κ2) is 5.18. The number of rotatable bonds is 1. The second-order valence-corrected chi connectivity index (χ2v) is 7.69. The third-order valence-corrected chi connectivity index (χ3v) is 5.91. The molecule has 0 aromatic rings. The van der Waals surface area contributed by atoms with Gasteiger partial charge in [-0.3, -0.25) is 14.4 Å². The van der Waals surface area contributed by atoms with Crippen molar-refractivity contribution in [3.05, 3.63) is 0 Å². The van der Waals surface area contributed by atoms with Gasteiger partial charge in [-0.1, -0.05) is 6.92 Å². The fraction of sp³-hybridized carbons (Fsp3) is 0.824. The van der Waals surface area contributed by atoms with E-state index in [1.54, 1.807) is 0 Å². The first kappa shape index (κ1) is 15.9. The first-order chi connectivity index (χ1) is 11.3. The second-order valence-electron chi connectivity index (χ2n) is 7.69. The van der Waals surface area contributed by atoms with E-state index in [-0.39, 0.29) is 48.0 Å². The Bertz CT molecular complexity index is 602. The molecular formula is C17H22O7. The minimum Gasteiger partial charge on any atom is -0.462 e. The van der Waals surface area contributed by atoms with Crippen molar-refractivity contribution in [2.24, 2.45) is 17.8 Å². The van der Waals surface area contributed by atoms with Gasteiger partial charge in [0.15, 0.2) is 0 Å². The number of ether oxygens (including phenoxy) is 4. The van der Waals surface area contributed by atoms with Gasteiger partial charge in [-0.2, -0.15) is 0 Å². The SMILES string of the molecule is CC(=O)OC1CC2CC(OC2=O)C2C(CC3(C)OC13)OC(=O)C2C. The van der Waals surface area contributed by atoms with Gasteiger partial charge < -0.3 is 18.9 Å². The molecule has 0 spiro atoms. The van der Waals surface area contributed by atoms with E-state index in [4.69, 9.17) is 18.9 Å². The lowest BCUT2D eigenvalue weighted by Crippen LogP contribution is -2.37. The Hall–Kier alpha value is -1.63. The van der Waals surface area contributed by atoms with Gasteiger partial charge in [0.2, 0.25) is 0 Å². The van der Waals surface area contributed by atoms with Gasteiger partial charge in [-0.25, -0.2) is 0 Å². The average Bonchev–Trinajstić information content (AvgIpc) is 2.89. The minimum atomic E-state index is -0.507. The van der Waals surface area contributed by atoms with E-state index in [2.05, 4.69) is 0 Å². The van der Waals surface area contributed by atoms with E-state index in [9.17, 15) is 14.4 Å². The molecule has 0 aromatic heterocycles. The molecule has 4 aliphatic rings. The van der Waals surface area contributed by atoms with E-state index >= 15 is 0 Å². The molecule has 0 amide bonds. The first-order valence-corrected chi connectivity index (χ1v) is 8.54. The molecular weight excluding hydrogens is 316 g/mol. The Morgan fingerprint density at radius 3 is 2.58 bits per heavy atom. The fourth-order valence-electron chi connectivity index (χ4n) is 4.67. The molecule has 0 radical (unpaired) electrons. The summed E-state index contributed by atoms with van der Waals surface area (Å²) in [6.45, 7) is 5.12. The van der Waals surface area contributed by atoms with E-state index < -0.39 is 17.7 Å². The molecule has 3 saturated heterocycles. The molecule has 1 aliphatic carbocycles. The van der Waals surface area contributed by atoms with Crippen LogP contribution in [-0.4, -0.2) is 47.9 Å². The third-order valence-electron chi connectivity index (χ3n) is 5.91. The maximum Gasteiger partial charge on any atom is 0.309 e. The number of hydrogen-bond donors (Lipinski definition) is 0. The normalized spacial score (nSPS) is 49.5. The van der Waals surface area contributed by atoms with Gasteiger partial charge in [0.25, 0.3) is 0 Å². The quantitative estimate of drug-likeness (QED) is 0.400. The largest absolute Gasteiger partial charge is 0.462 e. The molecule has 0 aromatic carbocycles. The average molecular weight is 338 g/mol. The zero-order chi connectivity index (χ0) is 17.2. The van der Waals surface area contributed by atoms with Crippen molar-refractivity contribution < 1.29 is 33.3 Å². The molecule has 0 N–H and O–H groups in total. The molecule has 4 fully saturated rings. The predicted molar refractivity (Wildman–Crippen MR) is 78.6 cm³/mol. The van der Waals surface area contributed by atoms with Crippen LogP contribution in [0.4, 0.5) is 0 Å². The number of epoxide rings is 1. The van der Waals surface area contributed by atoms with Gasteiger partial charge in [0, 0.05) is 25.7 Å². The molecule has 24 heavy (non-hydrogen) atoms. The molecule has 2 bridgehead atoms. The summed E-state index contributed by atoms with van der Waals surface area (Å²) >= 11 is 0. The summed E-state index contributed by atoms with van der Waals surface area (Å²) in [4.78, 5) is 35.7. The van der Waals surface area contributed by atoms with Crippen LogP contribution < -0.4 is 0 Å². The lowest BCUT2D eigenvalue weighted by molar-refractivity contribution is -0.152. The first-order valence-electron chi connectivity index (χ1n) is 8.54. The van der Waals surface area contributed by atoms with Crippen LogP contribution in [0.2, 0.25) is 0 Å². The van der Waals surface area contributed by atoms with E-state index in [0.29, 0.717) is 19.3 Å². The van der Waals surface area contributed by atoms with Crippen LogP contribution in [0.3, 0.4) is 0 Å². The monoisotopic (exact) mass is 338 g/mol. The molecule has 8 atom stereocenters. The summed E-state index contributed by atoms with van der Waals surface area (Å²) in [6, 6.07) is 0. The van der Waals surface area contributed by atoms with Gasteiger partial charge in [-0.15, -0.1) is 0 Å². The lowest BCUT2D eigenvalue weighted by Gasteiger charge is -2.27. The molecule has 1 saturated carbocycles. The summed E-state index contributed by atoms with van der Waals surface area (Å²) in [7, 11) is 0.